The summed E-state index contributed by atoms with van der Waals surface area (Å²) in [7, 11) is -2.35. The van der Waals surface area contributed by atoms with Crippen molar-refractivity contribution in [3.63, 3.8) is 0 Å². The molecule has 0 aliphatic rings. The first-order valence-electron chi connectivity index (χ1n) is 7.79. The number of rotatable bonds is 7. The SMILES string of the molecule is COc1ccc(S(=O)(=O)N[C@@H](C)C(=O)Nc2ccc(CC#N)cc2)cc1. The maximum atomic E-state index is 12.4. The summed E-state index contributed by atoms with van der Waals surface area (Å²) in [5.74, 6) is 0.0460. The molecule has 0 bridgehead atoms. The highest BCUT2D eigenvalue weighted by Crippen LogP contribution is 2.16. The molecular weight excluding hydrogens is 354 g/mol. The Balaban J connectivity index is 2.01. The molecule has 8 heteroatoms. The zero-order valence-corrected chi connectivity index (χ0v) is 15.2. The third-order valence-corrected chi connectivity index (χ3v) is 5.16. The second-order valence-electron chi connectivity index (χ2n) is 5.54. The van der Waals surface area contributed by atoms with E-state index in [-0.39, 0.29) is 11.3 Å². The van der Waals surface area contributed by atoms with Crippen LogP contribution in [-0.4, -0.2) is 27.5 Å². The van der Waals surface area contributed by atoms with Crippen LogP contribution in [0.4, 0.5) is 5.69 Å². The molecule has 0 saturated carbocycles. The van der Waals surface area contributed by atoms with Crippen LogP contribution >= 0.6 is 0 Å². The molecule has 0 heterocycles. The van der Waals surface area contributed by atoms with Crippen LogP contribution < -0.4 is 14.8 Å². The van der Waals surface area contributed by atoms with Crippen LogP contribution in [0.2, 0.25) is 0 Å². The summed E-state index contributed by atoms with van der Waals surface area (Å²) in [6, 6.07) is 13.7. The Labute approximate surface area is 152 Å². The van der Waals surface area contributed by atoms with Crippen molar-refractivity contribution in [3.05, 3.63) is 54.1 Å². The summed E-state index contributed by atoms with van der Waals surface area (Å²) in [6.45, 7) is 1.46. The van der Waals surface area contributed by atoms with Crippen molar-refractivity contribution >= 4 is 21.6 Å². The van der Waals surface area contributed by atoms with Crippen molar-refractivity contribution < 1.29 is 17.9 Å². The minimum absolute atomic E-state index is 0.0406. The summed E-state index contributed by atoms with van der Waals surface area (Å²) in [6.07, 6.45) is 0.284. The molecule has 1 atom stereocenters. The van der Waals surface area contributed by atoms with Crippen molar-refractivity contribution in [2.75, 3.05) is 12.4 Å². The minimum Gasteiger partial charge on any atom is -0.497 e. The predicted octanol–water partition coefficient (Wildman–Crippen LogP) is 2.07. The lowest BCUT2D eigenvalue weighted by molar-refractivity contribution is -0.117. The van der Waals surface area contributed by atoms with E-state index < -0.39 is 22.0 Å². The Morgan fingerprint density at radius 1 is 1.15 bits per heavy atom. The molecule has 0 aliphatic carbocycles. The molecule has 0 fully saturated rings. The number of hydrogen-bond acceptors (Lipinski definition) is 5. The van der Waals surface area contributed by atoms with Crippen LogP contribution in [0.1, 0.15) is 12.5 Å². The van der Waals surface area contributed by atoms with Gasteiger partial charge in [0, 0.05) is 5.69 Å². The molecular formula is C18H19N3O4S. The normalized spacial score (nSPS) is 12.0. The highest BCUT2D eigenvalue weighted by molar-refractivity contribution is 7.89. The molecule has 0 spiro atoms. The molecule has 7 nitrogen and oxygen atoms in total. The van der Waals surface area contributed by atoms with E-state index in [4.69, 9.17) is 10.00 Å². The molecule has 26 heavy (non-hydrogen) atoms. The van der Waals surface area contributed by atoms with Gasteiger partial charge in [0.2, 0.25) is 15.9 Å². The maximum Gasteiger partial charge on any atom is 0.242 e. The lowest BCUT2D eigenvalue weighted by atomic mass is 10.1. The summed E-state index contributed by atoms with van der Waals surface area (Å²) < 4.78 is 32.0. The van der Waals surface area contributed by atoms with E-state index >= 15 is 0 Å². The number of carbonyl (C=O) groups excluding carboxylic acids is 1. The van der Waals surface area contributed by atoms with Gasteiger partial charge in [-0.1, -0.05) is 12.1 Å². The Morgan fingerprint density at radius 3 is 2.31 bits per heavy atom. The molecule has 1 amide bonds. The van der Waals surface area contributed by atoms with Crippen LogP contribution in [0.15, 0.2) is 53.4 Å². The topological polar surface area (TPSA) is 108 Å². The Kier molecular flexibility index (Phi) is 6.33. The molecule has 0 aliphatic heterocycles. The first-order valence-corrected chi connectivity index (χ1v) is 9.27. The van der Waals surface area contributed by atoms with Gasteiger partial charge >= 0.3 is 0 Å². The summed E-state index contributed by atoms with van der Waals surface area (Å²) in [5, 5.41) is 11.3. The molecule has 2 aromatic carbocycles. The second kappa shape index (κ2) is 8.47. The molecule has 0 aromatic heterocycles. The van der Waals surface area contributed by atoms with Gasteiger partial charge in [-0.25, -0.2) is 8.42 Å². The lowest BCUT2D eigenvalue weighted by Crippen LogP contribution is -2.41. The number of anilines is 1. The molecule has 2 N–H and O–H groups in total. The van der Waals surface area contributed by atoms with Crippen molar-refractivity contribution in [2.45, 2.75) is 24.3 Å². The molecule has 2 rings (SSSR count). The fourth-order valence-corrected chi connectivity index (χ4v) is 3.36. The van der Waals surface area contributed by atoms with Crippen molar-refractivity contribution in [1.29, 1.82) is 5.26 Å². The second-order valence-corrected chi connectivity index (χ2v) is 7.25. The predicted molar refractivity (Wildman–Crippen MR) is 97.2 cm³/mol. The molecule has 0 radical (unpaired) electrons. The van der Waals surface area contributed by atoms with E-state index in [1.54, 1.807) is 24.3 Å². The summed E-state index contributed by atoms with van der Waals surface area (Å²) in [4.78, 5) is 12.3. The number of sulfonamides is 1. The Morgan fingerprint density at radius 2 is 1.77 bits per heavy atom. The van der Waals surface area contributed by atoms with E-state index in [9.17, 15) is 13.2 Å². The maximum absolute atomic E-state index is 12.4. The number of ether oxygens (including phenoxy) is 1. The highest BCUT2D eigenvalue weighted by Gasteiger charge is 2.22. The first-order chi connectivity index (χ1) is 12.4. The zero-order valence-electron chi connectivity index (χ0n) is 14.4. The van der Waals surface area contributed by atoms with Gasteiger partial charge in [0.05, 0.1) is 30.5 Å². The average Bonchev–Trinajstić information content (AvgIpc) is 2.63. The smallest absolute Gasteiger partial charge is 0.242 e. The van der Waals surface area contributed by atoms with E-state index in [1.165, 1.54) is 38.3 Å². The van der Waals surface area contributed by atoms with Crippen molar-refractivity contribution in [3.8, 4) is 11.8 Å². The number of hydrogen-bond donors (Lipinski definition) is 2. The van der Waals surface area contributed by atoms with Gasteiger partial charge < -0.3 is 10.1 Å². The minimum atomic E-state index is -3.84. The van der Waals surface area contributed by atoms with Crippen LogP contribution in [0.3, 0.4) is 0 Å². The van der Waals surface area contributed by atoms with Crippen LogP contribution in [0.5, 0.6) is 5.75 Å². The summed E-state index contributed by atoms with van der Waals surface area (Å²) >= 11 is 0. The van der Waals surface area contributed by atoms with Crippen molar-refractivity contribution in [2.24, 2.45) is 0 Å². The van der Waals surface area contributed by atoms with Gasteiger partial charge in [0.1, 0.15) is 5.75 Å². The van der Waals surface area contributed by atoms with Crippen LogP contribution in [0, 0.1) is 11.3 Å². The summed E-state index contributed by atoms with van der Waals surface area (Å²) in [5.41, 5.74) is 1.35. The highest BCUT2D eigenvalue weighted by atomic mass is 32.2. The van der Waals surface area contributed by atoms with Gasteiger partial charge in [0.25, 0.3) is 0 Å². The van der Waals surface area contributed by atoms with E-state index in [1.807, 2.05) is 6.07 Å². The van der Waals surface area contributed by atoms with E-state index in [2.05, 4.69) is 10.0 Å². The quantitative estimate of drug-likeness (QED) is 0.772. The van der Waals surface area contributed by atoms with Crippen LogP contribution in [0.25, 0.3) is 0 Å². The number of nitrogens with one attached hydrogen (secondary N) is 2. The van der Waals surface area contributed by atoms with Gasteiger partial charge in [-0.3, -0.25) is 4.79 Å². The third kappa shape index (κ3) is 5.05. The fraction of sp³-hybridized carbons (Fsp3) is 0.222. The Hall–Kier alpha value is -2.89. The fourth-order valence-electron chi connectivity index (χ4n) is 2.16. The van der Waals surface area contributed by atoms with Gasteiger partial charge in [-0.05, 0) is 48.9 Å². The third-order valence-electron chi connectivity index (χ3n) is 3.60. The monoisotopic (exact) mass is 373 g/mol. The molecule has 0 saturated heterocycles. The molecule has 0 unspecified atom stereocenters. The van der Waals surface area contributed by atoms with Gasteiger partial charge in [0.15, 0.2) is 0 Å². The number of methoxy groups -OCH3 is 1. The molecule has 136 valence electrons. The number of nitriles is 1. The first kappa shape index (κ1) is 19.4. The average molecular weight is 373 g/mol. The van der Waals surface area contributed by atoms with Crippen LogP contribution in [-0.2, 0) is 21.2 Å². The number of benzene rings is 2. The van der Waals surface area contributed by atoms with E-state index in [0.29, 0.717) is 11.4 Å². The molecule has 2 aromatic rings. The van der Waals surface area contributed by atoms with Crippen molar-refractivity contribution in [1.82, 2.24) is 4.72 Å². The Bertz CT molecular complexity index is 901. The van der Waals surface area contributed by atoms with Gasteiger partial charge in [-0.15, -0.1) is 0 Å². The van der Waals surface area contributed by atoms with E-state index in [0.717, 1.165) is 5.56 Å². The zero-order chi connectivity index (χ0) is 19.2. The largest absolute Gasteiger partial charge is 0.497 e. The number of nitrogens with zero attached hydrogens (tertiary/aromatic N) is 1. The standard InChI is InChI=1S/C18H19N3O4S/c1-13(18(22)20-15-5-3-14(4-6-15)11-12-19)21-26(23,24)17-9-7-16(25-2)8-10-17/h3-10,13,21H,11H2,1-2H3,(H,20,22)/t13-/m0/s1. The van der Waals surface area contributed by atoms with Gasteiger partial charge in [-0.2, -0.15) is 9.98 Å². The number of amides is 1. The lowest BCUT2D eigenvalue weighted by Gasteiger charge is -2.15. The number of carbonyl (C=O) groups is 1.